The second-order valence-electron chi connectivity index (χ2n) is 9.58. The lowest BCUT2D eigenvalue weighted by Gasteiger charge is -2.13. The van der Waals surface area contributed by atoms with E-state index in [9.17, 15) is 9.18 Å². The van der Waals surface area contributed by atoms with Gasteiger partial charge in [-0.3, -0.25) is 4.79 Å². The zero-order chi connectivity index (χ0) is 29.5. The minimum absolute atomic E-state index is 0.131. The molecule has 216 valence electrons. The molecule has 42 heavy (non-hydrogen) atoms. The summed E-state index contributed by atoms with van der Waals surface area (Å²) >= 11 is 1.64. The Morgan fingerprint density at radius 3 is 2.50 bits per heavy atom. The van der Waals surface area contributed by atoms with Gasteiger partial charge in [-0.05, 0) is 66.9 Å². The molecule has 5 rings (SSSR count). The third-order valence-electron chi connectivity index (χ3n) is 6.67. The van der Waals surface area contributed by atoms with Crippen molar-refractivity contribution in [1.29, 1.82) is 0 Å². The number of rotatable bonds is 12. The van der Waals surface area contributed by atoms with Crippen LogP contribution in [0.1, 0.15) is 16.3 Å². The van der Waals surface area contributed by atoms with Crippen LogP contribution in [0.2, 0.25) is 0 Å². The Morgan fingerprint density at radius 1 is 0.929 bits per heavy atom. The van der Waals surface area contributed by atoms with E-state index in [-0.39, 0.29) is 24.8 Å². The highest BCUT2D eigenvalue weighted by atomic mass is 32.1. The van der Waals surface area contributed by atoms with Crippen molar-refractivity contribution in [1.82, 2.24) is 15.3 Å². The molecule has 0 radical (unpaired) electrons. The van der Waals surface area contributed by atoms with Gasteiger partial charge in [-0.1, -0.05) is 24.3 Å². The average Bonchev–Trinajstić information content (AvgIpc) is 3.47. The van der Waals surface area contributed by atoms with E-state index in [2.05, 4.69) is 32.0 Å². The van der Waals surface area contributed by atoms with Crippen LogP contribution < -0.4 is 25.4 Å². The maximum atomic E-state index is 14.2. The lowest BCUT2D eigenvalue weighted by molar-refractivity contribution is -0.119. The lowest BCUT2D eigenvalue weighted by Crippen LogP contribution is -2.29. The number of nitrogens with one attached hydrogen (secondary N) is 3. The number of hydrogen-bond acceptors (Lipinski definition) is 8. The van der Waals surface area contributed by atoms with Crippen LogP contribution in [0.15, 0.2) is 72.8 Å². The van der Waals surface area contributed by atoms with Gasteiger partial charge in [0.2, 0.25) is 5.91 Å². The van der Waals surface area contributed by atoms with E-state index in [1.807, 2.05) is 55.5 Å². The molecule has 5 aromatic rings. The zero-order valence-corrected chi connectivity index (χ0v) is 24.5. The van der Waals surface area contributed by atoms with Gasteiger partial charge in [0, 0.05) is 40.0 Å². The van der Waals surface area contributed by atoms with Gasteiger partial charge in [-0.2, -0.15) is 0 Å². The number of nitrogens with zero attached hydrogens (tertiary/aromatic N) is 2. The first-order valence-electron chi connectivity index (χ1n) is 13.5. The van der Waals surface area contributed by atoms with Crippen LogP contribution >= 0.6 is 11.3 Å². The molecule has 0 aliphatic heterocycles. The number of aryl methyl sites for hydroxylation is 1. The fourth-order valence-corrected chi connectivity index (χ4v) is 5.68. The highest BCUT2D eigenvalue weighted by Crippen LogP contribution is 2.35. The van der Waals surface area contributed by atoms with E-state index in [0.29, 0.717) is 23.9 Å². The standard InChI is InChI=1S/C32H32FN5O3S/c1-20-37-27-17-29(41-3)28(40-2)16-26(27)32(38-20)34-14-13-24-10-12-30(42-24)25-11-9-22(33)15-21(25)18-36-31(39)19-35-23-7-5-4-6-8-23/h4-12,15-17,35H,13-14,18-19H2,1-3H3,(H,36,39)(H,34,37,38). The molecule has 2 heterocycles. The minimum atomic E-state index is -0.340. The number of hydrogen-bond donors (Lipinski definition) is 3. The third kappa shape index (κ3) is 6.95. The topological polar surface area (TPSA) is 97.4 Å². The Kier molecular flexibility index (Phi) is 9.13. The Labute approximate surface area is 247 Å². The Bertz CT molecular complexity index is 1690. The van der Waals surface area contributed by atoms with Gasteiger partial charge in [0.15, 0.2) is 11.5 Å². The van der Waals surface area contributed by atoms with Crippen LogP contribution in [-0.4, -0.2) is 43.2 Å². The SMILES string of the molecule is COc1cc2nc(C)nc(NCCc3ccc(-c4ccc(F)cc4CNC(=O)CNc4ccccc4)s3)c2cc1OC. The van der Waals surface area contributed by atoms with E-state index in [1.165, 1.54) is 17.0 Å². The summed E-state index contributed by atoms with van der Waals surface area (Å²) in [4.78, 5) is 23.8. The van der Waals surface area contributed by atoms with E-state index in [1.54, 1.807) is 31.6 Å². The predicted octanol–water partition coefficient (Wildman–Crippen LogP) is 6.21. The van der Waals surface area contributed by atoms with Gasteiger partial charge < -0.3 is 25.4 Å². The first-order chi connectivity index (χ1) is 20.4. The molecule has 0 atom stereocenters. The number of halogens is 1. The summed E-state index contributed by atoms with van der Waals surface area (Å²) in [5.41, 5.74) is 3.26. The van der Waals surface area contributed by atoms with Gasteiger partial charge in [-0.15, -0.1) is 11.3 Å². The van der Waals surface area contributed by atoms with Crippen molar-refractivity contribution in [3.63, 3.8) is 0 Å². The molecule has 3 N–H and O–H groups in total. The number of para-hydroxylation sites is 1. The van der Waals surface area contributed by atoms with Crippen LogP contribution in [-0.2, 0) is 17.8 Å². The number of fused-ring (bicyclic) bond motifs is 1. The highest BCUT2D eigenvalue weighted by molar-refractivity contribution is 7.15. The van der Waals surface area contributed by atoms with Gasteiger partial charge in [0.1, 0.15) is 17.5 Å². The zero-order valence-electron chi connectivity index (χ0n) is 23.7. The van der Waals surface area contributed by atoms with Crippen molar-refractivity contribution < 1.29 is 18.7 Å². The molecule has 0 spiro atoms. The predicted molar refractivity (Wildman–Crippen MR) is 166 cm³/mol. The van der Waals surface area contributed by atoms with Crippen LogP contribution in [0, 0.1) is 12.7 Å². The number of ether oxygens (including phenoxy) is 2. The van der Waals surface area contributed by atoms with Crippen molar-refractivity contribution >= 4 is 39.7 Å². The van der Waals surface area contributed by atoms with Crippen LogP contribution in [0.4, 0.5) is 15.9 Å². The van der Waals surface area contributed by atoms with Crippen LogP contribution in [0.3, 0.4) is 0 Å². The number of carbonyl (C=O) groups excluding carboxylic acids is 1. The first kappa shape index (κ1) is 28.8. The number of methoxy groups -OCH3 is 2. The Hall–Kier alpha value is -4.70. The quantitative estimate of drug-likeness (QED) is 0.160. The molecule has 1 amide bonds. The summed E-state index contributed by atoms with van der Waals surface area (Å²) in [7, 11) is 3.20. The van der Waals surface area contributed by atoms with Crippen molar-refractivity contribution in [3.8, 4) is 21.9 Å². The summed E-state index contributed by atoms with van der Waals surface area (Å²) < 4.78 is 25.1. The Morgan fingerprint density at radius 2 is 1.71 bits per heavy atom. The molecular weight excluding hydrogens is 553 g/mol. The molecule has 0 aliphatic carbocycles. The molecule has 0 saturated carbocycles. The number of aromatic nitrogens is 2. The molecular formula is C32H32FN5O3S. The van der Waals surface area contributed by atoms with Gasteiger partial charge in [0.05, 0.1) is 26.3 Å². The van der Waals surface area contributed by atoms with Crippen molar-refractivity contribution in [2.75, 3.05) is 37.9 Å². The highest BCUT2D eigenvalue weighted by Gasteiger charge is 2.14. The summed E-state index contributed by atoms with van der Waals surface area (Å²) in [5, 5.41) is 10.3. The number of thiophene rings is 1. The molecule has 0 unspecified atom stereocenters. The molecule has 0 bridgehead atoms. The van der Waals surface area contributed by atoms with E-state index < -0.39 is 0 Å². The third-order valence-corrected chi connectivity index (χ3v) is 7.85. The average molecular weight is 586 g/mol. The number of amides is 1. The summed E-state index contributed by atoms with van der Waals surface area (Å²) in [6.07, 6.45) is 0.765. The Balaban J connectivity index is 1.23. The van der Waals surface area contributed by atoms with Crippen molar-refractivity contribution in [2.45, 2.75) is 19.9 Å². The summed E-state index contributed by atoms with van der Waals surface area (Å²) in [5.74, 6) is 2.10. The lowest BCUT2D eigenvalue weighted by atomic mass is 10.1. The van der Waals surface area contributed by atoms with Crippen molar-refractivity contribution in [3.05, 3.63) is 94.9 Å². The molecule has 0 saturated heterocycles. The largest absolute Gasteiger partial charge is 0.493 e. The molecule has 8 nitrogen and oxygen atoms in total. The summed E-state index contributed by atoms with van der Waals surface area (Å²) in [6.45, 7) is 2.87. The minimum Gasteiger partial charge on any atom is -0.493 e. The fraction of sp³-hybridized carbons (Fsp3) is 0.219. The summed E-state index contributed by atoms with van der Waals surface area (Å²) in [6, 6.07) is 22.1. The second kappa shape index (κ2) is 13.3. The van der Waals surface area contributed by atoms with Gasteiger partial charge in [0.25, 0.3) is 0 Å². The monoisotopic (exact) mass is 585 g/mol. The maximum Gasteiger partial charge on any atom is 0.239 e. The van der Waals surface area contributed by atoms with E-state index in [4.69, 9.17) is 9.47 Å². The first-order valence-corrected chi connectivity index (χ1v) is 14.3. The number of carbonyl (C=O) groups is 1. The van der Waals surface area contributed by atoms with Gasteiger partial charge in [-0.25, -0.2) is 14.4 Å². The number of anilines is 2. The van der Waals surface area contributed by atoms with E-state index in [0.717, 1.165) is 44.8 Å². The molecule has 10 heteroatoms. The van der Waals surface area contributed by atoms with Crippen molar-refractivity contribution in [2.24, 2.45) is 0 Å². The second-order valence-corrected chi connectivity index (χ2v) is 10.8. The van der Waals surface area contributed by atoms with E-state index >= 15 is 0 Å². The fourth-order valence-electron chi connectivity index (χ4n) is 4.61. The molecule has 0 aliphatic rings. The normalized spacial score (nSPS) is 10.9. The van der Waals surface area contributed by atoms with Crippen LogP contribution in [0.25, 0.3) is 21.3 Å². The number of benzene rings is 3. The smallest absolute Gasteiger partial charge is 0.239 e. The molecule has 0 fully saturated rings. The maximum absolute atomic E-state index is 14.2. The van der Waals surface area contributed by atoms with Gasteiger partial charge >= 0.3 is 0 Å². The van der Waals surface area contributed by atoms with Crippen LogP contribution in [0.5, 0.6) is 11.5 Å². The molecule has 3 aromatic carbocycles. The molecule has 2 aromatic heterocycles.